The second kappa shape index (κ2) is 9.77. The molecule has 3 aromatic rings. The van der Waals surface area contributed by atoms with Crippen molar-refractivity contribution in [3.8, 4) is 11.8 Å². The van der Waals surface area contributed by atoms with Gasteiger partial charge in [-0.1, -0.05) is 23.4 Å². The van der Waals surface area contributed by atoms with Crippen LogP contribution >= 0.6 is 11.6 Å². The predicted molar refractivity (Wildman–Crippen MR) is 140 cm³/mol. The largest absolute Gasteiger partial charge is 0.382 e. The molecule has 3 N–H and O–H groups in total. The number of aromatic nitrogens is 4. The molecule has 198 valence electrons. The summed E-state index contributed by atoms with van der Waals surface area (Å²) in [6.07, 6.45) is 7.43. The normalized spacial score (nSPS) is 24.6. The first-order valence-electron chi connectivity index (χ1n) is 12.5. The number of rotatable bonds is 4. The first-order chi connectivity index (χ1) is 17.9. The average molecular weight is 538 g/mol. The minimum Gasteiger partial charge on any atom is -0.382 e. The third kappa shape index (κ3) is 5.30. The van der Waals surface area contributed by atoms with Crippen molar-refractivity contribution in [3.63, 3.8) is 0 Å². The Labute approximate surface area is 225 Å². The lowest BCUT2D eigenvalue weighted by Crippen LogP contribution is -2.24. The van der Waals surface area contributed by atoms with Crippen molar-refractivity contribution in [1.82, 2.24) is 19.5 Å². The summed E-state index contributed by atoms with van der Waals surface area (Å²) in [5.74, 6) is 6.06. The van der Waals surface area contributed by atoms with E-state index in [2.05, 4.69) is 32.1 Å². The maximum absolute atomic E-state index is 13.5. The molecule has 2 saturated carbocycles. The number of carbonyl (C=O) groups is 1. The lowest BCUT2D eigenvalue weighted by Gasteiger charge is -2.19. The molecule has 38 heavy (non-hydrogen) atoms. The number of amides is 1. The van der Waals surface area contributed by atoms with E-state index in [-0.39, 0.29) is 28.7 Å². The lowest BCUT2D eigenvalue weighted by molar-refractivity contribution is 0.0686. The van der Waals surface area contributed by atoms with Crippen LogP contribution in [0.3, 0.4) is 0 Å². The van der Waals surface area contributed by atoms with Crippen LogP contribution in [0, 0.1) is 29.5 Å². The van der Waals surface area contributed by atoms with Crippen LogP contribution in [0.4, 0.5) is 10.1 Å². The fourth-order valence-corrected chi connectivity index (χ4v) is 5.85. The van der Waals surface area contributed by atoms with Crippen molar-refractivity contribution in [2.45, 2.75) is 56.7 Å². The van der Waals surface area contributed by atoms with E-state index in [1.54, 1.807) is 44.2 Å². The molecular formula is C28H29ClFN5O3. The number of imidazole rings is 1. The van der Waals surface area contributed by atoms with Crippen LogP contribution in [0.2, 0.25) is 5.02 Å². The second-order valence-electron chi connectivity index (χ2n) is 10.9. The summed E-state index contributed by atoms with van der Waals surface area (Å²) in [5.41, 5.74) is -0.0619. The molecule has 2 fully saturated rings. The van der Waals surface area contributed by atoms with Crippen LogP contribution in [0.1, 0.15) is 73.0 Å². The molecule has 2 aromatic heterocycles. The van der Waals surface area contributed by atoms with Crippen LogP contribution in [-0.4, -0.2) is 41.2 Å². The van der Waals surface area contributed by atoms with Crippen LogP contribution in [0.15, 0.2) is 36.9 Å². The third-order valence-electron chi connectivity index (χ3n) is 7.42. The minimum atomic E-state index is -1.13. The fourth-order valence-electron chi connectivity index (χ4n) is 5.67. The van der Waals surface area contributed by atoms with E-state index in [0.29, 0.717) is 35.6 Å². The van der Waals surface area contributed by atoms with Crippen molar-refractivity contribution in [1.29, 1.82) is 0 Å². The number of aliphatic hydroxyl groups is 2. The Morgan fingerprint density at radius 3 is 2.47 bits per heavy atom. The zero-order chi connectivity index (χ0) is 27.2. The molecule has 1 amide bonds. The van der Waals surface area contributed by atoms with Gasteiger partial charge in [0.1, 0.15) is 22.7 Å². The number of nitrogens with zero attached hydrogens (tertiary/aromatic N) is 4. The van der Waals surface area contributed by atoms with Crippen LogP contribution in [0.5, 0.6) is 0 Å². The molecule has 1 aromatic carbocycles. The van der Waals surface area contributed by atoms with Crippen molar-refractivity contribution in [2.75, 3.05) is 5.32 Å². The molecule has 0 saturated heterocycles. The van der Waals surface area contributed by atoms with Gasteiger partial charge in [-0.25, -0.2) is 19.3 Å². The Balaban J connectivity index is 1.26. The standard InChI is InChI=1S/C28H29ClFN5O3/c1-27(2,37)26-31-13-16(14-32-26)6-7-28(38)11-18-8-17(9-19(18)12-28)23-24(35(3)15-33-23)25(36)34-20-4-5-22(30)21(29)10-20/h4-5,10,13-15,17-19,37-38H,8-9,11-12H2,1-3H3,(H,34,36). The van der Waals surface area contributed by atoms with Gasteiger partial charge in [-0.15, -0.1) is 0 Å². The number of benzene rings is 1. The smallest absolute Gasteiger partial charge is 0.274 e. The minimum absolute atomic E-state index is 0.0640. The van der Waals surface area contributed by atoms with Gasteiger partial charge in [0.2, 0.25) is 0 Å². The Kier molecular flexibility index (Phi) is 6.76. The summed E-state index contributed by atoms with van der Waals surface area (Å²) < 4.78 is 15.2. The lowest BCUT2D eigenvalue weighted by atomic mass is 9.92. The molecule has 10 heteroatoms. The first-order valence-corrected chi connectivity index (χ1v) is 12.9. The third-order valence-corrected chi connectivity index (χ3v) is 7.71. The number of halogens is 2. The number of hydrogen-bond acceptors (Lipinski definition) is 6. The Hall–Kier alpha value is -3.32. The molecular weight excluding hydrogens is 509 g/mol. The van der Waals surface area contributed by atoms with Gasteiger partial charge in [0.05, 0.1) is 22.6 Å². The molecule has 2 aliphatic carbocycles. The Morgan fingerprint density at radius 1 is 1.21 bits per heavy atom. The molecule has 5 rings (SSSR count). The van der Waals surface area contributed by atoms with Gasteiger partial charge in [0.25, 0.3) is 5.91 Å². The molecule has 8 nitrogen and oxygen atoms in total. The Bertz CT molecular complexity index is 1420. The highest BCUT2D eigenvalue weighted by Gasteiger charge is 2.49. The molecule has 0 spiro atoms. The summed E-state index contributed by atoms with van der Waals surface area (Å²) in [6, 6.07) is 4.05. The molecule has 2 unspecified atom stereocenters. The number of anilines is 1. The summed E-state index contributed by atoms with van der Waals surface area (Å²) in [7, 11) is 1.77. The second-order valence-corrected chi connectivity index (χ2v) is 11.3. The highest BCUT2D eigenvalue weighted by molar-refractivity contribution is 6.31. The van der Waals surface area contributed by atoms with Crippen molar-refractivity contribution in [3.05, 3.63) is 70.5 Å². The molecule has 0 radical (unpaired) electrons. The van der Waals surface area contributed by atoms with E-state index < -0.39 is 17.0 Å². The molecule has 0 bridgehead atoms. The van der Waals surface area contributed by atoms with Gasteiger partial charge in [0.15, 0.2) is 5.82 Å². The van der Waals surface area contributed by atoms with E-state index in [1.165, 1.54) is 18.2 Å². The SMILES string of the molecule is Cn1cnc(C2CC3CC(O)(C#Cc4cnc(C(C)(C)O)nc4)CC3C2)c1C(=O)Nc1ccc(F)c(Cl)c1. The number of fused-ring (bicyclic) bond motifs is 1. The molecule has 0 aliphatic heterocycles. The van der Waals surface area contributed by atoms with Gasteiger partial charge in [-0.3, -0.25) is 4.79 Å². The van der Waals surface area contributed by atoms with E-state index in [1.807, 2.05) is 0 Å². The summed E-state index contributed by atoms with van der Waals surface area (Å²) in [5, 5.41) is 23.9. The van der Waals surface area contributed by atoms with Gasteiger partial charge < -0.3 is 20.1 Å². The topological polar surface area (TPSA) is 113 Å². The van der Waals surface area contributed by atoms with Crippen molar-refractivity contribution >= 4 is 23.2 Å². The summed E-state index contributed by atoms with van der Waals surface area (Å²) >= 11 is 5.86. The number of nitrogens with one attached hydrogen (secondary N) is 1. The van der Waals surface area contributed by atoms with Crippen LogP contribution < -0.4 is 5.32 Å². The highest BCUT2D eigenvalue weighted by atomic mass is 35.5. The Morgan fingerprint density at radius 2 is 1.87 bits per heavy atom. The number of carbonyl (C=O) groups excluding carboxylic acids is 1. The highest BCUT2D eigenvalue weighted by Crippen LogP contribution is 2.53. The van der Waals surface area contributed by atoms with Crippen molar-refractivity contribution in [2.24, 2.45) is 18.9 Å². The number of aryl methyl sites for hydroxylation is 1. The maximum atomic E-state index is 13.5. The average Bonchev–Trinajstić information content (AvgIpc) is 3.51. The summed E-state index contributed by atoms with van der Waals surface area (Å²) in [6.45, 7) is 3.23. The van der Waals surface area contributed by atoms with Gasteiger partial charge in [-0.2, -0.15) is 0 Å². The monoisotopic (exact) mass is 537 g/mol. The molecule has 2 heterocycles. The zero-order valence-corrected chi connectivity index (χ0v) is 22.1. The van der Waals surface area contributed by atoms with Gasteiger partial charge in [0, 0.05) is 31.0 Å². The van der Waals surface area contributed by atoms with Gasteiger partial charge >= 0.3 is 0 Å². The van der Waals surface area contributed by atoms with E-state index in [9.17, 15) is 19.4 Å². The van der Waals surface area contributed by atoms with E-state index >= 15 is 0 Å². The molecule has 2 aliphatic rings. The zero-order valence-electron chi connectivity index (χ0n) is 21.4. The van der Waals surface area contributed by atoms with E-state index in [0.717, 1.165) is 18.5 Å². The van der Waals surface area contributed by atoms with Crippen LogP contribution in [0.25, 0.3) is 0 Å². The first kappa shape index (κ1) is 26.3. The molecule has 2 atom stereocenters. The fraction of sp³-hybridized carbons (Fsp3) is 0.429. The van der Waals surface area contributed by atoms with Crippen LogP contribution in [-0.2, 0) is 12.6 Å². The predicted octanol–water partition coefficient (Wildman–Crippen LogP) is 4.17. The van der Waals surface area contributed by atoms with Gasteiger partial charge in [-0.05, 0) is 69.6 Å². The van der Waals surface area contributed by atoms with Crippen molar-refractivity contribution < 1.29 is 19.4 Å². The number of hydrogen-bond donors (Lipinski definition) is 3. The maximum Gasteiger partial charge on any atom is 0.274 e. The summed E-state index contributed by atoms with van der Waals surface area (Å²) in [4.78, 5) is 26.0. The quantitative estimate of drug-likeness (QED) is 0.431. The van der Waals surface area contributed by atoms with E-state index in [4.69, 9.17) is 11.6 Å².